The highest BCUT2D eigenvalue weighted by Gasteiger charge is 2.19. The van der Waals surface area contributed by atoms with Crippen LogP contribution in [0.3, 0.4) is 0 Å². The van der Waals surface area contributed by atoms with Gasteiger partial charge in [-0.3, -0.25) is 18.7 Å². The number of benzene rings is 3. The van der Waals surface area contributed by atoms with Crippen LogP contribution < -0.4 is 11.1 Å². The van der Waals surface area contributed by atoms with E-state index >= 15 is 0 Å². The Morgan fingerprint density at radius 3 is 2.14 bits per heavy atom. The molecule has 0 unspecified atom stereocenters. The van der Waals surface area contributed by atoms with Crippen molar-refractivity contribution in [3.05, 3.63) is 69.2 Å². The molecule has 2 aromatic heterocycles. The fourth-order valence-corrected chi connectivity index (χ4v) is 4.23. The normalized spacial score (nSPS) is 12.6. The maximum atomic E-state index is 12.9. The second-order valence-corrected chi connectivity index (χ2v) is 8.24. The average Bonchev–Trinajstić information content (AvgIpc) is 2.66. The maximum Gasteiger partial charge on any atom is 0.266 e. The van der Waals surface area contributed by atoms with Crippen molar-refractivity contribution < 1.29 is 17.4 Å². The molecular formula is C20H13NO6S. The molecule has 0 saturated heterocycles. The molecule has 0 radical (unpaired) electrons. The lowest BCUT2D eigenvalue weighted by molar-refractivity contribution is 0.477. The number of nitrogens with zero attached hydrogens (tertiary/aromatic N) is 1. The predicted molar refractivity (Wildman–Crippen MR) is 107 cm³/mol. The predicted octanol–water partition coefficient (Wildman–Crippen LogP) is 2.74. The summed E-state index contributed by atoms with van der Waals surface area (Å²) >= 11 is 0. The molecule has 2 heterocycles. The number of aromatic nitrogens is 1. The molecule has 0 bridgehead atoms. The van der Waals surface area contributed by atoms with Gasteiger partial charge in [-0.1, -0.05) is 24.3 Å². The van der Waals surface area contributed by atoms with E-state index in [4.69, 9.17) is 8.97 Å². The molecule has 0 amide bonds. The Kier molecular flexibility index (Phi) is 3.40. The highest BCUT2D eigenvalue weighted by Crippen LogP contribution is 2.36. The van der Waals surface area contributed by atoms with Gasteiger partial charge in [0.1, 0.15) is 11.2 Å². The first-order chi connectivity index (χ1) is 13.3. The minimum Gasteiger partial charge on any atom is -0.456 e. The fraction of sp³-hybridized carbons (Fsp3) is 0.100. The molecule has 28 heavy (non-hydrogen) atoms. The lowest BCUT2D eigenvalue weighted by Crippen LogP contribution is -2.35. The third-order valence-corrected chi connectivity index (χ3v) is 5.74. The smallest absolute Gasteiger partial charge is 0.266 e. The summed E-state index contributed by atoms with van der Waals surface area (Å²) in [7, 11) is -4.31. The molecule has 0 saturated carbocycles. The molecule has 0 fully saturated rings. The van der Waals surface area contributed by atoms with Gasteiger partial charge in [-0.05, 0) is 29.7 Å². The Balaban J connectivity index is 1.95. The van der Waals surface area contributed by atoms with Gasteiger partial charge in [0.25, 0.3) is 21.2 Å². The number of fused-ring (bicyclic) bond motifs is 2. The molecule has 1 N–H and O–H groups in total. The van der Waals surface area contributed by atoms with Crippen molar-refractivity contribution in [3.8, 4) is 0 Å². The molecule has 0 aliphatic heterocycles. The Bertz CT molecular complexity index is 1600. The Morgan fingerprint density at radius 1 is 0.786 bits per heavy atom. The highest BCUT2D eigenvalue weighted by molar-refractivity contribution is 7.85. The molecule has 140 valence electrons. The van der Waals surface area contributed by atoms with Gasteiger partial charge in [0.05, 0.1) is 5.75 Å². The van der Waals surface area contributed by atoms with E-state index in [1.807, 2.05) is 24.3 Å². The lowest BCUT2D eigenvalue weighted by atomic mass is 9.96. The zero-order chi connectivity index (χ0) is 19.6. The van der Waals surface area contributed by atoms with Gasteiger partial charge in [0.15, 0.2) is 0 Å². The Labute approximate surface area is 157 Å². The highest BCUT2D eigenvalue weighted by atomic mass is 32.2. The molecule has 0 atom stereocenters. The monoisotopic (exact) mass is 395 g/mol. The summed E-state index contributed by atoms with van der Waals surface area (Å²) in [5.41, 5.74) is 0.0648. The largest absolute Gasteiger partial charge is 0.456 e. The zero-order valence-corrected chi connectivity index (χ0v) is 15.2. The summed E-state index contributed by atoms with van der Waals surface area (Å²) < 4.78 is 37.9. The SMILES string of the molecule is O=c1c2ccc3oc4ccccc4c4ccc(c(=O)n1CCS(=O)(=O)O)c2c34. The minimum absolute atomic E-state index is 0.300. The van der Waals surface area contributed by atoms with Gasteiger partial charge in [-0.2, -0.15) is 8.42 Å². The first-order valence-corrected chi connectivity index (χ1v) is 10.1. The Morgan fingerprint density at radius 2 is 1.43 bits per heavy atom. The van der Waals surface area contributed by atoms with Gasteiger partial charge in [-0.25, -0.2) is 0 Å². The van der Waals surface area contributed by atoms with Crippen molar-refractivity contribution >= 4 is 53.6 Å². The van der Waals surface area contributed by atoms with Crippen LogP contribution in [-0.4, -0.2) is 23.3 Å². The summed E-state index contributed by atoms with van der Waals surface area (Å²) in [6, 6.07) is 14.2. The van der Waals surface area contributed by atoms with Crippen LogP contribution in [0.25, 0.3) is 43.5 Å². The van der Waals surface area contributed by atoms with Crippen molar-refractivity contribution in [2.75, 3.05) is 5.75 Å². The number of para-hydroxylation sites is 1. The molecular weight excluding hydrogens is 382 g/mol. The van der Waals surface area contributed by atoms with Gasteiger partial charge in [-0.15, -0.1) is 0 Å². The van der Waals surface area contributed by atoms with Crippen LogP contribution in [0.4, 0.5) is 0 Å². The quantitative estimate of drug-likeness (QED) is 0.286. The van der Waals surface area contributed by atoms with Crippen molar-refractivity contribution in [1.29, 1.82) is 0 Å². The summed E-state index contributed by atoms with van der Waals surface area (Å²) in [5, 5.41) is 3.52. The van der Waals surface area contributed by atoms with Crippen LogP contribution in [0.5, 0.6) is 0 Å². The van der Waals surface area contributed by atoms with E-state index in [-0.39, 0.29) is 0 Å². The van der Waals surface area contributed by atoms with Gasteiger partial charge in [0.2, 0.25) is 0 Å². The van der Waals surface area contributed by atoms with Crippen LogP contribution >= 0.6 is 0 Å². The maximum absolute atomic E-state index is 12.9. The molecule has 0 spiro atoms. The lowest BCUT2D eigenvalue weighted by Gasteiger charge is -2.13. The summed E-state index contributed by atoms with van der Waals surface area (Å²) in [6.07, 6.45) is 0. The van der Waals surface area contributed by atoms with Gasteiger partial charge < -0.3 is 4.42 Å². The van der Waals surface area contributed by atoms with E-state index in [1.54, 1.807) is 24.3 Å². The third-order valence-electron chi connectivity index (χ3n) is 5.04. The van der Waals surface area contributed by atoms with Crippen molar-refractivity contribution in [1.82, 2.24) is 4.57 Å². The van der Waals surface area contributed by atoms with Crippen LogP contribution in [0.1, 0.15) is 0 Å². The van der Waals surface area contributed by atoms with Crippen LogP contribution in [0.15, 0.2) is 62.5 Å². The molecule has 0 aliphatic rings. The second kappa shape index (κ2) is 5.63. The van der Waals surface area contributed by atoms with E-state index in [0.717, 1.165) is 15.3 Å². The number of pyridine rings is 1. The molecule has 0 aliphatic carbocycles. The van der Waals surface area contributed by atoms with Crippen LogP contribution in [0, 0.1) is 0 Å². The molecule has 5 aromatic rings. The summed E-state index contributed by atoms with van der Waals surface area (Å²) in [4.78, 5) is 25.8. The topological polar surface area (TPSA) is 107 Å². The van der Waals surface area contributed by atoms with E-state index in [2.05, 4.69) is 0 Å². The Hall–Kier alpha value is -3.23. The van der Waals surface area contributed by atoms with Crippen molar-refractivity contribution in [2.24, 2.45) is 0 Å². The minimum atomic E-state index is -4.31. The van der Waals surface area contributed by atoms with Crippen LogP contribution in [-0.2, 0) is 16.7 Å². The van der Waals surface area contributed by atoms with Gasteiger partial charge in [0, 0.05) is 33.5 Å². The molecule has 8 heteroatoms. The van der Waals surface area contributed by atoms with Crippen molar-refractivity contribution in [3.63, 3.8) is 0 Å². The van der Waals surface area contributed by atoms with Crippen LogP contribution in [0.2, 0.25) is 0 Å². The first-order valence-electron chi connectivity index (χ1n) is 8.53. The summed E-state index contributed by atoms with van der Waals surface area (Å²) in [5.74, 6) is -0.713. The molecule has 5 rings (SSSR count). The van der Waals surface area contributed by atoms with Crippen molar-refractivity contribution in [2.45, 2.75) is 6.54 Å². The van der Waals surface area contributed by atoms with E-state index in [9.17, 15) is 18.0 Å². The second-order valence-electron chi connectivity index (χ2n) is 6.67. The van der Waals surface area contributed by atoms with E-state index in [0.29, 0.717) is 32.7 Å². The number of rotatable bonds is 3. The molecule has 7 nitrogen and oxygen atoms in total. The number of hydrogen-bond acceptors (Lipinski definition) is 5. The van der Waals surface area contributed by atoms with Gasteiger partial charge >= 0.3 is 0 Å². The first kappa shape index (κ1) is 16.9. The zero-order valence-electron chi connectivity index (χ0n) is 14.4. The standard InChI is InChI=1S/C20H13NO6S/c22-19-13-6-5-12-11-3-1-2-4-15(11)27-16-8-7-14(17(13)18(12)16)20(23)21(19)9-10-28(24,25)26/h1-8H,9-10H2,(H,24,25,26). The number of hydrogen-bond donors (Lipinski definition) is 1. The van der Waals surface area contributed by atoms with E-state index in [1.165, 1.54) is 0 Å². The van der Waals surface area contributed by atoms with E-state index < -0.39 is 33.5 Å². The third kappa shape index (κ3) is 2.35. The fourth-order valence-electron chi connectivity index (χ4n) is 3.82. The average molecular weight is 395 g/mol. The molecule has 3 aromatic carbocycles. The summed E-state index contributed by atoms with van der Waals surface area (Å²) in [6.45, 7) is -0.416.